The summed E-state index contributed by atoms with van der Waals surface area (Å²) in [7, 11) is 1.67. The van der Waals surface area contributed by atoms with Crippen LogP contribution in [0.15, 0.2) is 72.8 Å². The van der Waals surface area contributed by atoms with Gasteiger partial charge in [-0.15, -0.1) is 0 Å². The number of hydrogen-bond acceptors (Lipinski definition) is 4. The molecular weight excluding hydrogens is 472 g/mol. The molecule has 4 heteroatoms. The van der Waals surface area contributed by atoms with Crippen LogP contribution >= 0.6 is 0 Å². The monoisotopic (exact) mass is 516 g/mol. The van der Waals surface area contributed by atoms with Crippen molar-refractivity contribution in [3.05, 3.63) is 83.9 Å². The lowest BCUT2D eigenvalue weighted by atomic mass is 10.0. The summed E-state index contributed by atoms with van der Waals surface area (Å²) in [6, 6.07) is 23.0. The number of hydrogen-bond donors (Lipinski definition) is 0. The Labute approximate surface area is 229 Å². The summed E-state index contributed by atoms with van der Waals surface area (Å²) in [5.41, 5.74) is 3.67. The molecule has 0 N–H and O–H groups in total. The molecule has 4 nitrogen and oxygen atoms in total. The minimum Gasteiger partial charge on any atom is -0.494 e. The van der Waals surface area contributed by atoms with Crippen molar-refractivity contribution in [2.75, 3.05) is 13.7 Å². The van der Waals surface area contributed by atoms with Crippen LogP contribution in [0.1, 0.15) is 100 Å². The van der Waals surface area contributed by atoms with Gasteiger partial charge in [-0.05, 0) is 66.4 Å². The number of carbonyl (C=O) groups excluding carboxylic acids is 1. The van der Waals surface area contributed by atoms with Gasteiger partial charge in [-0.1, -0.05) is 101 Å². The van der Waals surface area contributed by atoms with E-state index in [9.17, 15) is 4.79 Å². The first kappa shape index (κ1) is 29.4. The van der Waals surface area contributed by atoms with Crippen molar-refractivity contribution in [3.8, 4) is 22.6 Å². The minimum absolute atomic E-state index is 0.00235. The molecule has 0 bridgehead atoms. The molecule has 0 aliphatic carbocycles. The second-order valence-corrected chi connectivity index (χ2v) is 9.97. The lowest BCUT2D eigenvalue weighted by Crippen LogP contribution is -2.08. The molecule has 0 amide bonds. The van der Waals surface area contributed by atoms with E-state index in [1.54, 1.807) is 31.4 Å². The van der Waals surface area contributed by atoms with Gasteiger partial charge in [0.1, 0.15) is 11.5 Å². The van der Waals surface area contributed by atoms with Crippen LogP contribution in [-0.4, -0.2) is 19.7 Å². The summed E-state index contributed by atoms with van der Waals surface area (Å²) in [6.45, 7) is 5.01. The van der Waals surface area contributed by atoms with Gasteiger partial charge in [0.25, 0.3) is 0 Å². The summed E-state index contributed by atoms with van der Waals surface area (Å²) in [5.74, 6) is 1.04. The summed E-state index contributed by atoms with van der Waals surface area (Å²) in [6.07, 6.45) is 13.2. The number of benzene rings is 3. The molecule has 1 unspecified atom stereocenters. The maximum absolute atomic E-state index is 12.6. The first-order valence-corrected chi connectivity index (χ1v) is 14.3. The highest BCUT2D eigenvalue weighted by molar-refractivity contribution is 5.91. The third kappa shape index (κ3) is 9.98. The highest BCUT2D eigenvalue weighted by Gasteiger charge is 2.10. The molecule has 0 aromatic heterocycles. The molecular formula is C34H44O4. The first-order valence-electron chi connectivity index (χ1n) is 14.3. The smallest absolute Gasteiger partial charge is 0.343 e. The van der Waals surface area contributed by atoms with Crippen molar-refractivity contribution in [3.63, 3.8) is 0 Å². The van der Waals surface area contributed by atoms with Crippen molar-refractivity contribution < 1.29 is 19.0 Å². The second-order valence-electron chi connectivity index (χ2n) is 9.97. The predicted octanol–water partition coefficient (Wildman–Crippen LogP) is 9.58. The highest BCUT2D eigenvalue weighted by atomic mass is 16.5. The van der Waals surface area contributed by atoms with Crippen molar-refractivity contribution in [1.82, 2.24) is 0 Å². The molecule has 0 fully saturated rings. The zero-order chi connectivity index (χ0) is 27.0. The Kier molecular flexibility index (Phi) is 12.9. The Balaban J connectivity index is 1.37. The molecule has 3 rings (SSSR count). The fourth-order valence-corrected chi connectivity index (χ4v) is 4.43. The predicted molar refractivity (Wildman–Crippen MR) is 156 cm³/mol. The standard InChI is InChI=1S/C34H44O4/c1-4-5-6-7-8-9-10-11-12-13-26-37-32-22-20-30(21-23-32)29-14-16-31(17-15-29)34(35)38-33-24-18-28(19-25-33)27(2)36-3/h14-25,27H,4-13,26H2,1-3H3. The van der Waals surface area contributed by atoms with E-state index in [1.165, 1.54) is 57.8 Å². The first-order chi connectivity index (χ1) is 18.6. The van der Waals surface area contributed by atoms with Gasteiger partial charge in [0, 0.05) is 7.11 Å². The average Bonchev–Trinajstić information content (AvgIpc) is 2.96. The van der Waals surface area contributed by atoms with Crippen LogP contribution in [0.4, 0.5) is 0 Å². The Morgan fingerprint density at radius 1 is 0.658 bits per heavy atom. The third-order valence-electron chi connectivity index (χ3n) is 6.99. The maximum Gasteiger partial charge on any atom is 0.343 e. The number of unbranched alkanes of at least 4 members (excludes halogenated alkanes) is 9. The van der Waals surface area contributed by atoms with Gasteiger partial charge in [0.05, 0.1) is 18.3 Å². The van der Waals surface area contributed by atoms with Gasteiger partial charge in [0.2, 0.25) is 0 Å². The molecule has 0 saturated carbocycles. The molecule has 3 aromatic rings. The van der Waals surface area contributed by atoms with Crippen molar-refractivity contribution in [1.29, 1.82) is 0 Å². The lowest BCUT2D eigenvalue weighted by molar-refractivity contribution is 0.0734. The SMILES string of the molecule is CCCCCCCCCCCCOc1ccc(-c2ccc(C(=O)Oc3ccc(C(C)OC)cc3)cc2)cc1. The minimum atomic E-state index is -0.375. The van der Waals surface area contributed by atoms with Gasteiger partial charge in [0.15, 0.2) is 0 Å². The fourth-order valence-electron chi connectivity index (χ4n) is 4.43. The van der Waals surface area contributed by atoms with Crippen molar-refractivity contribution in [2.24, 2.45) is 0 Å². The second kappa shape index (κ2) is 16.7. The Hall–Kier alpha value is -3.11. The quantitative estimate of drug-likeness (QED) is 0.102. The molecule has 0 heterocycles. The zero-order valence-electron chi connectivity index (χ0n) is 23.4. The fraction of sp³-hybridized carbons (Fsp3) is 0.441. The zero-order valence-corrected chi connectivity index (χ0v) is 23.4. The van der Waals surface area contributed by atoms with Crippen molar-refractivity contribution >= 4 is 5.97 Å². The number of carbonyl (C=O) groups is 1. The van der Waals surface area contributed by atoms with Gasteiger partial charge in [-0.25, -0.2) is 4.79 Å². The normalized spacial score (nSPS) is 11.8. The third-order valence-corrected chi connectivity index (χ3v) is 6.99. The maximum atomic E-state index is 12.6. The summed E-state index contributed by atoms with van der Waals surface area (Å²) in [4.78, 5) is 12.6. The van der Waals surface area contributed by atoms with E-state index in [0.717, 1.165) is 35.5 Å². The summed E-state index contributed by atoms with van der Waals surface area (Å²) in [5, 5.41) is 0. The molecule has 204 valence electrons. The van der Waals surface area contributed by atoms with E-state index in [-0.39, 0.29) is 12.1 Å². The van der Waals surface area contributed by atoms with E-state index in [4.69, 9.17) is 14.2 Å². The van der Waals surface area contributed by atoms with Crippen LogP contribution in [0.3, 0.4) is 0 Å². The Morgan fingerprint density at radius 3 is 1.71 bits per heavy atom. The molecule has 0 aliphatic heterocycles. The van der Waals surface area contributed by atoms with Crippen molar-refractivity contribution in [2.45, 2.75) is 84.2 Å². The van der Waals surface area contributed by atoms with E-state index >= 15 is 0 Å². The molecule has 0 saturated heterocycles. The number of esters is 1. The van der Waals surface area contributed by atoms with Gasteiger partial charge in [-0.2, -0.15) is 0 Å². The number of methoxy groups -OCH3 is 1. The van der Waals surface area contributed by atoms with E-state index in [1.807, 2.05) is 43.3 Å². The molecule has 0 aliphatic rings. The van der Waals surface area contributed by atoms with Gasteiger partial charge < -0.3 is 14.2 Å². The largest absolute Gasteiger partial charge is 0.494 e. The lowest BCUT2D eigenvalue weighted by Gasteiger charge is -2.11. The van der Waals surface area contributed by atoms with E-state index in [0.29, 0.717) is 11.3 Å². The Bertz CT molecular complexity index is 1060. The van der Waals surface area contributed by atoms with E-state index < -0.39 is 0 Å². The summed E-state index contributed by atoms with van der Waals surface area (Å²) < 4.78 is 16.8. The van der Waals surface area contributed by atoms with Crippen LogP contribution in [-0.2, 0) is 4.74 Å². The molecule has 0 spiro atoms. The Morgan fingerprint density at radius 2 is 1.16 bits per heavy atom. The van der Waals surface area contributed by atoms with Gasteiger partial charge in [-0.3, -0.25) is 0 Å². The number of rotatable bonds is 17. The average molecular weight is 517 g/mol. The molecule has 38 heavy (non-hydrogen) atoms. The van der Waals surface area contributed by atoms with E-state index in [2.05, 4.69) is 19.1 Å². The van der Waals surface area contributed by atoms with Crippen LogP contribution < -0.4 is 9.47 Å². The van der Waals surface area contributed by atoms with Gasteiger partial charge >= 0.3 is 5.97 Å². The van der Waals surface area contributed by atoms with Crippen LogP contribution in [0, 0.1) is 0 Å². The van der Waals surface area contributed by atoms with Crippen LogP contribution in [0.25, 0.3) is 11.1 Å². The molecule has 1 atom stereocenters. The highest BCUT2D eigenvalue weighted by Crippen LogP contribution is 2.24. The van der Waals surface area contributed by atoms with Crippen LogP contribution in [0.2, 0.25) is 0 Å². The van der Waals surface area contributed by atoms with Crippen LogP contribution in [0.5, 0.6) is 11.5 Å². The topological polar surface area (TPSA) is 44.8 Å². The number of ether oxygens (including phenoxy) is 3. The summed E-state index contributed by atoms with van der Waals surface area (Å²) >= 11 is 0. The molecule has 0 radical (unpaired) electrons. The molecule has 3 aromatic carbocycles.